The Morgan fingerprint density at radius 3 is 1.69 bits per heavy atom. The van der Waals surface area contributed by atoms with E-state index in [1.165, 1.54) is 18.2 Å². The molecule has 0 aliphatic heterocycles. The fourth-order valence-corrected chi connectivity index (χ4v) is 0.460. The van der Waals surface area contributed by atoms with Crippen LogP contribution in [0.15, 0.2) is 24.3 Å². The minimum Gasteiger partial charge on any atom is -0.481 e. The zero-order valence-electron chi connectivity index (χ0n) is 8.58. The molecule has 0 aromatic heterocycles. The van der Waals surface area contributed by atoms with Crippen molar-refractivity contribution in [3.8, 4) is 0 Å². The summed E-state index contributed by atoms with van der Waals surface area (Å²) in [4.78, 5) is 9.00. The average Bonchev–Trinajstić information content (AvgIpc) is 2.00. The molecule has 0 saturated heterocycles. The first-order chi connectivity index (χ1) is 7.25. The summed E-state index contributed by atoms with van der Waals surface area (Å²) >= 11 is 0. The fraction of sp³-hybridized carbons (Fsp3) is 0.111. The molecule has 1 aromatic rings. The van der Waals surface area contributed by atoms with Gasteiger partial charge in [0.05, 0.1) is 0 Å². The molecule has 6 N–H and O–H groups in total. The molecule has 0 saturated carbocycles. The third-order valence-corrected chi connectivity index (χ3v) is 0.787. The Hall–Kier alpha value is -2.18. The van der Waals surface area contributed by atoms with Crippen molar-refractivity contribution in [1.82, 2.24) is 0 Å². The number of hydrogen-bond acceptors (Lipinski definition) is 2. The number of nitrogens with one attached hydrogen (secondary N) is 1. The van der Waals surface area contributed by atoms with Gasteiger partial charge in [0.2, 0.25) is 0 Å². The first-order valence-corrected chi connectivity index (χ1v) is 3.95. The normalized spacial score (nSPS) is 7.69. The largest absolute Gasteiger partial charge is 0.481 e. The Balaban J connectivity index is 0. The Morgan fingerprint density at radius 1 is 1.31 bits per heavy atom. The molecule has 0 bridgehead atoms. The van der Waals surface area contributed by atoms with Crippen LogP contribution in [0.4, 0.5) is 8.78 Å². The van der Waals surface area contributed by atoms with E-state index in [-0.39, 0.29) is 5.96 Å². The quantitative estimate of drug-likeness (QED) is 0.393. The molecule has 5 nitrogen and oxygen atoms in total. The van der Waals surface area contributed by atoms with Gasteiger partial charge in [0.25, 0.3) is 5.97 Å². The highest BCUT2D eigenvalue weighted by Gasteiger charge is 1.88. The van der Waals surface area contributed by atoms with Gasteiger partial charge in [-0.05, 0) is 12.1 Å². The molecule has 0 fully saturated rings. The second-order valence-electron chi connectivity index (χ2n) is 2.41. The van der Waals surface area contributed by atoms with E-state index in [1.807, 2.05) is 0 Å². The van der Waals surface area contributed by atoms with E-state index in [4.69, 9.17) is 15.3 Å². The van der Waals surface area contributed by atoms with Gasteiger partial charge < -0.3 is 16.6 Å². The summed E-state index contributed by atoms with van der Waals surface area (Å²) in [5, 5.41) is 13.5. The molecule has 1 rings (SSSR count). The topological polar surface area (TPSA) is 113 Å². The smallest absolute Gasteiger partial charge is 0.300 e. The van der Waals surface area contributed by atoms with E-state index >= 15 is 0 Å². The van der Waals surface area contributed by atoms with Crippen molar-refractivity contribution in [1.29, 1.82) is 5.41 Å². The van der Waals surface area contributed by atoms with Crippen molar-refractivity contribution in [2.45, 2.75) is 6.92 Å². The van der Waals surface area contributed by atoms with Gasteiger partial charge in [0, 0.05) is 13.0 Å². The van der Waals surface area contributed by atoms with Gasteiger partial charge in [-0.1, -0.05) is 6.07 Å². The standard InChI is InChI=1S/C6H4F2.C2H4O2.CH5N3/c7-5-2-1-3-6(8)4-5;1-2(3)4;2-1(3)4/h1-4H;1H3,(H,3,4);(H5,2,3,4). The second kappa shape index (κ2) is 9.38. The van der Waals surface area contributed by atoms with Gasteiger partial charge in [-0.15, -0.1) is 0 Å². The highest BCUT2D eigenvalue weighted by atomic mass is 19.1. The SMILES string of the molecule is CC(=O)O.Fc1cccc(F)c1.N=C(N)N. The summed E-state index contributed by atoms with van der Waals surface area (Å²) in [6.07, 6.45) is 0. The lowest BCUT2D eigenvalue weighted by molar-refractivity contribution is -0.134. The van der Waals surface area contributed by atoms with Crippen molar-refractivity contribution in [3.63, 3.8) is 0 Å². The molecule has 0 aliphatic carbocycles. The van der Waals surface area contributed by atoms with Crippen molar-refractivity contribution in [2.75, 3.05) is 0 Å². The molecule has 0 atom stereocenters. The highest BCUT2D eigenvalue weighted by molar-refractivity contribution is 5.71. The number of carbonyl (C=O) groups is 1. The molecule has 1 aromatic carbocycles. The first kappa shape index (κ1) is 16.3. The van der Waals surface area contributed by atoms with Crippen LogP contribution < -0.4 is 11.5 Å². The Morgan fingerprint density at radius 2 is 1.56 bits per heavy atom. The summed E-state index contributed by atoms with van der Waals surface area (Å²) in [5.41, 5.74) is 8.94. The summed E-state index contributed by atoms with van der Waals surface area (Å²) in [5.74, 6) is -2.24. The molecule has 90 valence electrons. The number of aliphatic carboxylic acids is 1. The summed E-state index contributed by atoms with van der Waals surface area (Å²) in [6, 6.07) is 4.55. The Bertz CT molecular complexity index is 308. The monoisotopic (exact) mass is 233 g/mol. The maximum Gasteiger partial charge on any atom is 0.300 e. The third kappa shape index (κ3) is 22.6. The van der Waals surface area contributed by atoms with Crippen LogP contribution in [0.5, 0.6) is 0 Å². The second-order valence-corrected chi connectivity index (χ2v) is 2.41. The number of carboxylic acids is 1. The molecule has 0 aliphatic rings. The van der Waals surface area contributed by atoms with Crippen LogP contribution in [0.25, 0.3) is 0 Å². The van der Waals surface area contributed by atoms with E-state index in [1.54, 1.807) is 0 Å². The number of rotatable bonds is 0. The summed E-state index contributed by atoms with van der Waals surface area (Å²) < 4.78 is 23.9. The van der Waals surface area contributed by atoms with Gasteiger partial charge in [-0.3, -0.25) is 10.2 Å². The van der Waals surface area contributed by atoms with Crippen LogP contribution in [0.3, 0.4) is 0 Å². The maximum atomic E-state index is 11.9. The molecular formula is C9H13F2N3O2. The number of nitrogens with two attached hydrogens (primary N) is 2. The van der Waals surface area contributed by atoms with Gasteiger partial charge >= 0.3 is 0 Å². The lowest BCUT2D eigenvalue weighted by atomic mass is 10.3. The minimum atomic E-state index is -0.833. The van der Waals surface area contributed by atoms with Gasteiger partial charge in [-0.25, -0.2) is 8.78 Å². The van der Waals surface area contributed by atoms with Crippen LogP contribution in [-0.4, -0.2) is 17.0 Å². The predicted octanol–water partition coefficient (Wildman–Crippen LogP) is 0.894. The van der Waals surface area contributed by atoms with Crippen LogP contribution in [0.1, 0.15) is 6.92 Å². The minimum absolute atomic E-state index is 0.333. The molecule has 0 spiro atoms. The van der Waals surface area contributed by atoms with Crippen molar-refractivity contribution in [2.24, 2.45) is 11.5 Å². The number of benzene rings is 1. The van der Waals surface area contributed by atoms with E-state index in [9.17, 15) is 8.78 Å². The van der Waals surface area contributed by atoms with Crippen molar-refractivity contribution in [3.05, 3.63) is 35.9 Å². The molecule has 16 heavy (non-hydrogen) atoms. The zero-order chi connectivity index (χ0) is 13.1. The van der Waals surface area contributed by atoms with Gasteiger partial charge in [-0.2, -0.15) is 0 Å². The molecule has 0 heterocycles. The Kier molecular flexibility index (Phi) is 9.53. The first-order valence-electron chi connectivity index (χ1n) is 3.95. The van der Waals surface area contributed by atoms with E-state index in [2.05, 4.69) is 11.5 Å². The molecule has 0 radical (unpaired) electrons. The predicted molar refractivity (Wildman–Crippen MR) is 55.8 cm³/mol. The highest BCUT2D eigenvalue weighted by Crippen LogP contribution is 1.99. The van der Waals surface area contributed by atoms with Crippen LogP contribution in [0, 0.1) is 17.0 Å². The number of guanidine groups is 1. The average molecular weight is 233 g/mol. The molecule has 0 amide bonds. The van der Waals surface area contributed by atoms with E-state index in [0.29, 0.717) is 0 Å². The van der Waals surface area contributed by atoms with E-state index < -0.39 is 17.6 Å². The van der Waals surface area contributed by atoms with Gasteiger partial charge in [0.15, 0.2) is 5.96 Å². The van der Waals surface area contributed by atoms with Crippen LogP contribution >= 0.6 is 0 Å². The molecule has 7 heteroatoms. The number of halogens is 2. The van der Waals surface area contributed by atoms with Crippen molar-refractivity contribution >= 4 is 11.9 Å². The van der Waals surface area contributed by atoms with Crippen molar-refractivity contribution < 1.29 is 18.7 Å². The summed E-state index contributed by atoms with van der Waals surface area (Å²) in [7, 11) is 0. The summed E-state index contributed by atoms with van der Waals surface area (Å²) in [6.45, 7) is 1.08. The molecule has 0 unspecified atom stereocenters. The third-order valence-electron chi connectivity index (χ3n) is 0.787. The number of hydrogen-bond donors (Lipinski definition) is 4. The van der Waals surface area contributed by atoms with Crippen LogP contribution in [0.2, 0.25) is 0 Å². The lowest BCUT2D eigenvalue weighted by Crippen LogP contribution is -2.20. The molecular weight excluding hydrogens is 220 g/mol. The van der Waals surface area contributed by atoms with Crippen LogP contribution in [-0.2, 0) is 4.79 Å². The zero-order valence-corrected chi connectivity index (χ0v) is 8.58. The van der Waals surface area contributed by atoms with E-state index in [0.717, 1.165) is 13.0 Å². The lowest BCUT2D eigenvalue weighted by Gasteiger charge is -1.84. The maximum absolute atomic E-state index is 11.9. The fourth-order valence-electron chi connectivity index (χ4n) is 0.460. The van der Waals surface area contributed by atoms with Gasteiger partial charge in [0.1, 0.15) is 11.6 Å². The number of carboxylic acid groups (broad SMARTS) is 1. The Labute approximate surface area is 91.2 Å².